The average Bonchev–Trinajstić information content (AvgIpc) is 2.52. The van der Waals surface area contributed by atoms with Crippen molar-refractivity contribution in [3.63, 3.8) is 0 Å². The average molecular weight is 391 g/mol. The number of thioether (sulfide) groups is 1. The monoisotopic (exact) mass is 390 g/mol. The van der Waals surface area contributed by atoms with E-state index in [9.17, 15) is 19.5 Å². The molecule has 1 saturated heterocycles. The number of likely N-dealkylation sites (N-methyl/N-ethyl adjacent to an activating group) is 1. The molecule has 0 bridgehead atoms. The summed E-state index contributed by atoms with van der Waals surface area (Å²) in [6.07, 6.45) is 3.48. The van der Waals surface area contributed by atoms with E-state index >= 15 is 0 Å². The molecule has 0 spiro atoms. The number of fused-ring (bicyclic) bond motifs is 1. The summed E-state index contributed by atoms with van der Waals surface area (Å²) in [5, 5.41) is 11.1. The van der Waals surface area contributed by atoms with E-state index in [4.69, 9.17) is 11.5 Å². The highest BCUT2D eigenvalue weighted by Crippen LogP contribution is 2.39. The Labute approximate surface area is 156 Å². The summed E-state index contributed by atoms with van der Waals surface area (Å²) in [6.45, 7) is 3.37. The second kappa shape index (κ2) is 8.22. The van der Waals surface area contributed by atoms with Gasteiger partial charge in [0.05, 0.1) is 31.8 Å². The molecule has 0 aromatic heterocycles. The standard InChI is InChI=1S/C15H22N4O4S.ClH/c1-3-19(2,7-10(16)20)6-4-5-9-8-24-14-11(17)13(21)18(14)12(9)15(22)23;/h4-5,11,14H,3,6-8,17H2,1-2H3,(H2-,16,20,22,23);1H/b5-4+;/t11-,14-,19?;/m1./s1. The highest BCUT2D eigenvalue weighted by molar-refractivity contribution is 8.00. The van der Waals surface area contributed by atoms with Crippen LogP contribution in [0.5, 0.6) is 0 Å². The predicted octanol–water partition coefficient (Wildman–Crippen LogP) is -1.84. The first-order valence-electron chi connectivity index (χ1n) is 7.63. The van der Waals surface area contributed by atoms with Crippen LogP contribution >= 0.6 is 24.2 Å². The van der Waals surface area contributed by atoms with Crippen LogP contribution in [0.25, 0.3) is 0 Å². The van der Waals surface area contributed by atoms with E-state index in [0.717, 1.165) is 0 Å². The number of nitrogens with zero attached hydrogens (tertiary/aromatic N) is 2. The number of carbonyl (C=O) groups excluding carboxylic acids is 3. The van der Waals surface area contributed by atoms with Crippen LogP contribution in [0.3, 0.4) is 0 Å². The van der Waals surface area contributed by atoms with Crippen LogP contribution in [0.2, 0.25) is 0 Å². The number of allylic oxidation sites excluding steroid dienone is 1. The summed E-state index contributed by atoms with van der Waals surface area (Å²) in [4.78, 5) is 35.7. The maximum Gasteiger partial charge on any atom is 0.272 e. The number of carbonyl (C=O) groups is 3. The molecule has 1 fully saturated rings. The smallest absolute Gasteiger partial charge is 0.272 e. The number of halogens is 1. The second-order valence-electron chi connectivity index (χ2n) is 6.24. The molecule has 2 amide bonds. The minimum absolute atomic E-state index is 0. The van der Waals surface area contributed by atoms with Crippen LogP contribution in [0.1, 0.15) is 6.92 Å². The molecule has 140 valence electrons. The van der Waals surface area contributed by atoms with Gasteiger partial charge >= 0.3 is 0 Å². The Kier molecular flexibility index (Phi) is 7.07. The highest BCUT2D eigenvalue weighted by atomic mass is 35.5. The van der Waals surface area contributed by atoms with Gasteiger partial charge in [-0.15, -0.1) is 24.2 Å². The Morgan fingerprint density at radius 3 is 2.64 bits per heavy atom. The first kappa shape index (κ1) is 21.5. The fourth-order valence-corrected chi connectivity index (χ4v) is 4.05. The molecule has 3 atom stereocenters. The summed E-state index contributed by atoms with van der Waals surface area (Å²) < 4.78 is 0.420. The fraction of sp³-hybridized carbons (Fsp3) is 0.533. The van der Waals surface area contributed by atoms with Gasteiger partial charge in [0, 0.05) is 5.75 Å². The van der Waals surface area contributed by atoms with Crippen LogP contribution in [0, 0.1) is 0 Å². The molecule has 0 aromatic rings. The third-order valence-corrected chi connectivity index (χ3v) is 5.72. The van der Waals surface area contributed by atoms with Crippen molar-refractivity contribution in [1.82, 2.24) is 4.90 Å². The maximum atomic E-state index is 11.8. The fourth-order valence-electron chi connectivity index (χ4n) is 2.79. The Balaban J connectivity index is 0.00000312. The maximum absolute atomic E-state index is 11.8. The normalized spacial score (nSPS) is 25.1. The largest absolute Gasteiger partial charge is 0.543 e. The van der Waals surface area contributed by atoms with Crippen LogP contribution in [0.4, 0.5) is 0 Å². The number of carboxylic acids is 1. The predicted molar refractivity (Wildman–Crippen MR) is 95.1 cm³/mol. The molecule has 0 aliphatic carbocycles. The molecule has 2 heterocycles. The first-order valence-corrected chi connectivity index (χ1v) is 8.68. The third-order valence-electron chi connectivity index (χ3n) is 4.40. The Bertz CT molecular complexity index is 639. The van der Waals surface area contributed by atoms with Gasteiger partial charge in [-0.05, 0) is 18.6 Å². The topological polar surface area (TPSA) is 130 Å². The highest BCUT2D eigenvalue weighted by Gasteiger charge is 2.49. The minimum Gasteiger partial charge on any atom is -0.543 e. The number of amides is 2. The molecule has 0 saturated carbocycles. The minimum atomic E-state index is -1.38. The number of β-lactam (4-membered cyclic amide) rings is 1. The van der Waals surface area contributed by atoms with Crippen molar-refractivity contribution >= 4 is 42.0 Å². The van der Waals surface area contributed by atoms with E-state index in [0.29, 0.717) is 28.9 Å². The molecular formula is C15H23ClN4O4S. The van der Waals surface area contributed by atoms with Gasteiger partial charge in [0.1, 0.15) is 11.4 Å². The lowest BCUT2D eigenvalue weighted by Crippen LogP contribution is -2.69. The van der Waals surface area contributed by atoms with Crippen LogP contribution < -0.4 is 16.6 Å². The molecule has 0 radical (unpaired) electrons. The van der Waals surface area contributed by atoms with E-state index < -0.39 is 23.8 Å². The molecule has 10 heteroatoms. The third kappa shape index (κ3) is 4.35. The van der Waals surface area contributed by atoms with Crippen LogP contribution in [-0.2, 0) is 14.4 Å². The van der Waals surface area contributed by atoms with Crippen molar-refractivity contribution in [2.75, 3.05) is 32.4 Å². The van der Waals surface area contributed by atoms with Crippen molar-refractivity contribution in [3.8, 4) is 0 Å². The Hall–Kier alpha value is -1.55. The molecular weight excluding hydrogens is 368 g/mol. The van der Waals surface area contributed by atoms with E-state index in [1.165, 1.54) is 16.7 Å². The summed E-state index contributed by atoms with van der Waals surface area (Å²) >= 11 is 1.43. The number of nitrogens with two attached hydrogens (primary N) is 2. The van der Waals surface area contributed by atoms with Crippen molar-refractivity contribution in [2.24, 2.45) is 11.5 Å². The van der Waals surface area contributed by atoms with Gasteiger partial charge in [-0.1, -0.05) is 6.08 Å². The van der Waals surface area contributed by atoms with Gasteiger partial charge in [-0.3, -0.25) is 14.5 Å². The lowest BCUT2D eigenvalue weighted by Gasteiger charge is -2.49. The van der Waals surface area contributed by atoms with Crippen molar-refractivity contribution < 1.29 is 24.0 Å². The molecule has 1 unspecified atom stereocenters. The zero-order valence-electron chi connectivity index (χ0n) is 14.1. The summed E-state index contributed by atoms with van der Waals surface area (Å²) in [5.74, 6) is -1.74. The molecule has 25 heavy (non-hydrogen) atoms. The SMILES string of the molecule is CC[N+](C)(C/C=C/C1=C(C(=O)[O-])N2C(=O)[C@@H](N)[C@H]2SC1)CC(N)=O.Cl. The number of hydrogen-bond acceptors (Lipinski definition) is 6. The molecule has 4 N–H and O–H groups in total. The number of hydrogen-bond donors (Lipinski definition) is 2. The Morgan fingerprint density at radius 2 is 2.12 bits per heavy atom. The van der Waals surface area contributed by atoms with E-state index in [1.807, 2.05) is 14.0 Å². The number of aliphatic carboxylic acids is 1. The summed E-state index contributed by atoms with van der Waals surface area (Å²) in [5.41, 5.74) is 11.4. The van der Waals surface area contributed by atoms with Gasteiger partial charge in [0.25, 0.3) is 5.91 Å². The van der Waals surface area contributed by atoms with E-state index in [-0.39, 0.29) is 30.0 Å². The number of primary amides is 1. The second-order valence-corrected chi connectivity index (χ2v) is 7.35. The zero-order valence-corrected chi connectivity index (χ0v) is 15.8. The van der Waals surface area contributed by atoms with Gasteiger partial charge in [0.2, 0.25) is 5.91 Å². The number of carboxylic acid groups (broad SMARTS) is 1. The van der Waals surface area contributed by atoms with E-state index in [2.05, 4.69) is 0 Å². The lowest BCUT2D eigenvalue weighted by molar-refractivity contribution is -0.894. The first-order chi connectivity index (χ1) is 11.2. The molecule has 2 aliphatic rings. The molecule has 2 aliphatic heterocycles. The van der Waals surface area contributed by atoms with Crippen LogP contribution in [0.15, 0.2) is 23.4 Å². The quantitative estimate of drug-likeness (QED) is 0.388. The van der Waals surface area contributed by atoms with Crippen molar-refractivity contribution in [3.05, 3.63) is 23.4 Å². The lowest BCUT2D eigenvalue weighted by atomic mass is 10.0. The van der Waals surface area contributed by atoms with Crippen molar-refractivity contribution in [1.29, 1.82) is 0 Å². The summed E-state index contributed by atoms with van der Waals surface area (Å²) in [6, 6.07) is -0.662. The van der Waals surface area contributed by atoms with Crippen LogP contribution in [-0.4, -0.2) is 71.0 Å². The van der Waals surface area contributed by atoms with Gasteiger partial charge < -0.3 is 25.9 Å². The number of quaternary nitrogens is 1. The summed E-state index contributed by atoms with van der Waals surface area (Å²) in [7, 11) is 1.90. The van der Waals surface area contributed by atoms with Gasteiger partial charge in [0.15, 0.2) is 6.54 Å². The van der Waals surface area contributed by atoms with Gasteiger partial charge in [-0.25, -0.2) is 0 Å². The number of rotatable bonds is 7. The molecule has 2 rings (SSSR count). The van der Waals surface area contributed by atoms with Crippen molar-refractivity contribution in [2.45, 2.75) is 18.3 Å². The zero-order chi connectivity index (χ0) is 18.1. The van der Waals surface area contributed by atoms with E-state index in [1.54, 1.807) is 12.2 Å². The Morgan fingerprint density at radius 1 is 1.48 bits per heavy atom. The van der Waals surface area contributed by atoms with Gasteiger partial charge in [-0.2, -0.15) is 0 Å². The molecule has 0 aromatic carbocycles. The molecule has 8 nitrogen and oxygen atoms in total.